The average molecular weight is 507 g/mol. The van der Waals surface area contributed by atoms with Crippen LogP contribution in [0, 0.1) is 6.92 Å². The van der Waals surface area contributed by atoms with Gasteiger partial charge in [-0.15, -0.1) is 0 Å². The Balaban J connectivity index is 1.84. The zero-order valence-electron chi connectivity index (χ0n) is 19.6. The van der Waals surface area contributed by atoms with E-state index in [2.05, 4.69) is 20.4 Å². The highest BCUT2D eigenvalue weighted by Crippen LogP contribution is 2.32. The van der Waals surface area contributed by atoms with Crippen LogP contribution in [0.15, 0.2) is 66.9 Å². The van der Waals surface area contributed by atoms with Crippen LogP contribution in [0.25, 0.3) is 23.0 Å². The van der Waals surface area contributed by atoms with Gasteiger partial charge in [0.15, 0.2) is 17.3 Å². The molecule has 0 atom stereocenters. The molecule has 11 heteroatoms. The first-order chi connectivity index (χ1) is 17.5. The Bertz CT molecular complexity index is 1530. The molecule has 0 bridgehead atoms. The lowest BCUT2D eigenvalue weighted by Crippen LogP contribution is -2.10. The van der Waals surface area contributed by atoms with Gasteiger partial charge in [0.2, 0.25) is 5.95 Å². The van der Waals surface area contributed by atoms with E-state index in [9.17, 15) is 22.8 Å². The number of nitrogens with zero attached hydrogens (tertiary/aromatic N) is 4. The minimum Gasteiger partial charge on any atom is -0.478 e. The predicted molar refractivity (Wildman–Crippen MR) is 131 cm³/mol. The number of carboxylic acids is 1. The van der Waals surface area contributed by atoms with Crippen LogP contribution in [-0.2, 0) is 11.0 Å². The van der Waals surface area contributed by atoms with E-state index in [1.54, 1.807) is 48.5 Å². The van der Waals surface area contributed by atoms with Crippen LogP contribution in [-0.4, -0.2) is 36.6 Å². The summed E-state index contributed by atoms with van der Waals surface area (Å²) in [5.74, 6) is -1.10. The molecule has 0 aliphatic rings. The lowest BCUT2D eigenvalue weighted by atomic mass is 10.0. The van der Waals surface area contributed by atoms with Gasteiger partial charge in [-0.05, 0) is 55.3 Å². The molecule has 37 heavy (non-hydrogen) atoms. The third-order valence-corrected chi connectivity index (χ3v) is 5.29. The first-order valence-corrected chi connectivity index (χ1v) is 10.9. The number of carbonyl (C=O) groups is 2. The Labute approximate surface area is 209 Å². The summed E-state index contributed by atoms with van der Waals surface area (Å²) in [6, 6.07) is 14.3. The van der Waals surface area contributed by atoms with E-state index in [0.29, 0.717) is 27.9 Å². The molecule has 4 aromatic rings. The molecular weight excluding hydrogens is 487 g/mol. The van der Waals surface area contributed by atoms with Crippen molar-refractivity contribution in [2.45, 2.75) is 20.0 Å². The fourth-order valence-corrected chi connectivity index (χ4v) is 3.55. The van der Waals surface area contributed by atoms with Gasteiger partial charge in [-0.3, -0.25) is 4.79 Å². The molecule has 188 valence electrons. The van der Waals surface area contributed by atoms with Crippen LogP contribution >= 0.6 is 0 Å². The number of hydrogen-bond donors (Lipinski definition) is 2. The first-order valence-electron chi connectivity index (χ1n) is 10.9. The fourth-order valence-electron chi connectivity index (χ4n) is 3.55. The predicted octanol–water partition coefficient (Wildman–Crippen LogP) is 5.70. The molecule has 0 amide bonds. The van der Waals surface area contributed by atoms with Gasteiger partial charge in [0.05, 0.1) is 0 Å². The van der Waals surface area contributed by atoms with Gasteiger partial charge in [0.1, 0.15) is 0 Å². The van der Waals surface area contributed by atoms with E-state index in [1.807, 2.05) is 0 Å². The molecule has 0 saturated carbocycles. The van der Waals surface area contributed by atoms with Crippen molar-refractivity contribution in [3.63, 3.8) is 0 Å². The topological polar surface area (TPSA) is 110 Å². The number of benzene rings is 2. The second-order valence-corrected chi connectivity index (χ2v) is 8.07. The summed E-state index contributed by atoms with van der Waals surface area (Å²) >= 11 is 0. The number of aliphatic carboxylic acids is 1. The quantitative estimate of drug-likeness (QED) is 0.244. The number of Topliss-reactive ketones (excluding diaryl/α,β-unsaturated/α-hetero) is 1. The monoisotopic (exact) mass is 507 g/mol. The number of nitrogens with one attached hydrogen (secondary N) is 1. The SMILES string of the molecule is CC(=O)c1cccc(Nc2ncc(-c3cccc(C=CC(=O)O)c3)c(-n3nc(C(F)(F)F)cc3C)n2)c1. The summed E-state index contributed by atoms with van der Waals surface area (Å²) in [5, 5.41) is 15.6. The van der Waals surface area contributed by atoms with E-state index < -0.39 is 17.8 Å². The zero-order chi connectivity index (χ0) is 26.7. The van der Waals surface area contributed by atoms with Gasteiger partial charge in [0, 0.05) is 34.8 Å². The largest absolute Gasteiger partial charge is 0.478 e. The molecule has 2 aromatic carbocycles. The van der Waals surface area contributed by atoms with Gasteiger partial charge < -0.3 is 10.4 Å². The number of aromatic nitrogens is 4. The van der Waals surface area contributed by atoms with Crippen molar-refractivity contribution in [1.29, 1.82) is 0 Å². The van der Waals surface area contributed by atoms with Crippen LogP contribution in [0.4, 0.5) is 24.8 Å². The van der Waals surface area contributed by atoms with Crippen molar-refractivity contribution in [3.8, 4) is 16.9 Å². The van der Waals surface area contributed by atoms with Crippen LogP contribution in [0.2, 0.25) is 0 Å². The molecule has 4 rings (SSSR count). The van der Waals surface area contributed by atoms with Crippen molar-refractivity contribution in [2.24, 2.45) is 0 Å². The van der Waals surface area contributed by atoms with Gasteiger partial charge >= 0.3 is 12.1 Å². The van der Waals surface area contributed by atoms with Gasteiger partial charge in [-0.2, -0.15) is 23.3 Å². The molecule has 2 heterocycles. The highest BCUT2D eigenvalue weighted by atomic mass is 19.4. The van der Waals surface area contributed by atoms with Gasteiger partial charge in [0.25, 0.3) is 0 Å². The molecule has 0 fully saturated rings. The molecule has 0 aliphatic heterocycles. The lowest BCUT2D eigenvalue weighted by molar-refractivity contribution is -0.141. The first kappa shape index (κ1) is 25.3. The van der Waals surface area contributed by atoms with Crippen LogP contribution < -0.4 is 5.32 Å². The molecule has 0 aliphatic carbocycles. The van der Waals surface area contributed by atoms with E-state index in [0.717, 1.165) is 16.8 Å². The van der Waals surface area contributed by atoms with Crippen molar-refractivity contribution in [2.75, 3.05) is 5.32 Å². The maximum Gasteiger partial charge on any atom is 0.435 e. The number of carbonyl (C=O) groups excluding carboxylic acids is 1. The van der Waals surface area contributed by atoms with E-state index in [4.69, 9.17) is 5.11 Å². The van der Waals surface area contributed by atoms with Crippen LogP contribution in [0.3, 0.4) is 0 Å². The molecule has 0 radical (unpaired) electrons. The molecule has 8 nitrogen and oxygen atoms in total. The summed E-state index contributed by atoms with van der Waals surface area (Å²) < 4.78 is 41.2. The van der Waals surface area contributed by atoms with E-state index >= 15 is 0 Å². The molecule has 0 spiro atoms. The van der Waals surface area contributed by atoms with Crippen molar-refractivity contribution in [3.05, 3.63) is 89.4 Å². The number of alkyl halides is 3. The molecule has 2 N–H and O–H groups in total. The number of ketones is 1. The second-order valence-electron chi connectivity index (χ2n) is 8.07. The zero-order valence-corrected chi connectivity index (χ0v) is 19.6. The Morgan fingerprint density at radius 3 is 2.51 bits per heavy atom. The van der Waals surface area contributed by atoms with E-state index in [-0.39, 0.29) is 23.2 Å². The minimum atomic E-state index is -4.65. The van der Waals surface area contributed by atoms with Gasteiger partial charge in [-0.1, -0.05) is 30.3 Å². The Hall–Kier alpha value is -4.80. The number of aryl methyl sites for hydroxylation is 1. The van der Waals surface area contributed by atoms with E-state index in [1.165, 1.54) is 26.1 Å². The highest BCUT2D eigenvalue weighted by Gasteiger charge is 2.35. The molecule has 0 saturated heterocycles. The Kier molecular flexibility index (Phi) is 6.87. The standard InChI is InChI=1S/C26H20F3N5O3/c1-15-11-22(26(27,28)29)33-34(15)24-21(19-7-3-5-17(12-19)9-10-23(36)37)14-30-25(32-24)31-20-8-4-6-18(13-20)16(2)35/h3-14H,1-2H3,(H,36,37)(H,30,31,32). The summed E-state index contributed by atoms with van der Waals surface area (Å²) in [6.45, 7) is 2.91. The summed E-state index contributed by atoms with van der Waals surface area (Å²) in [7, 11) is 0. The van der Waals surface area contributed by atoms with Crippen molar-refractivity contribution < 1.29 is 27.9 Å². The average Bonchev–Trinajstić information content (AvgIpc) is 3.25. The second kappa shape index (κ2) is 10.1. The highest BCUT2D eigenvalue weighted by molar-refractivity contribution is 5.95. The summed E-state index contributed by atoms with van der Waals surface area (Å²) in [5.41, 5.74) is 1.56. The third-order valence-electron chi connectivity index (χ3n) is 5.29. The minimum absolute atomic E-state index is 0.0739. The number of rotatable bonds is 7. The van der Waals surface area contributed by atoms with Crippen LogP contribution in [0.5, 0.6) is 0 Å². The number of halogens is 3. The van der Waals surface area contributed by atoms with Crippen molar-refractivity contribution >= 4 is 29.5 Å². The van der Waals surface area contributed by atoms with Gasteiger partial charge in [-0.25, -0.2) is 14.5 Å². The normalized spacial score (nSPS) is 11.6. The number of hydrogen-bond acceptors (Lipinski definition) is 6. The van der Waals surface area contributed by atoms with Crippen LogP contribution in [0.1, 0.15) is 34.2 Å². The Morgan fingerprint density at radius 1 is 1.08 bits per heavy atom. The number of anilines is 2. The smallest absolute Gasteiger partial charge is 0.435 e. The number of carboxylic acid groups (broad SMARTS) is 1. The maximum atomic E-state index is 13.4. The Morgan fingerprint density at radius 2 is 1.84 bits per heavy atom. The summed E-state index contributed by atoms with van der Waals surface area (Å²) in [4.78, 5) is 31.4. The molecule has 2 aromatic heterocycles. The molecular formula is C26H20F3N5O3. The third kappa shape index (κ3) is 5.89. The summed E-state index contributed by atoms with van der Waals surface area (Å²) in [6.07, 6.45) is -0.843. The lowest BCUT2D eigenvalue weighted by Gasteiger charge is -2.13. The van der Waals surface area contributed by atoms with Crippen molar-refractivity contribution in [1.82, 2.24) is 19.7 Å². The fraction of sp³-hybridized carbons (Fsp3) is 0.115. The molecule has 0 unspecified atom stereocenters. The maximum absolute atomic E-state index is 13.4.